The van der Waals surface area contributed by atoms with E-state index in [1.807, 2.05) is 0 Å². The Hall–Kier alpha value is 1.14. The van der Waals surface area contributed by atoms with Crippen LogP contribution in [0.1, 0.15) is 6.92 Å². The monoisotopic (exact) mass is 162 g/mol. The Morgan fingerprint density at radius 2 is 1.22 bits per heavy atom. The fourth-order valence-electron chi connectivity index (χ4n) is 0.150. The zero-order chi connectivity index (χ0) is 6.62. The van der Waals surface area contributed by atoms with Crippen LogP contribution in [0, 0.1) is 5.41 Å². The third-order valence-electron chi connectivity index (χ3n) is 1.15. The topological polar surface area (TPSA) is 60.7 Å². The van der Waals surface area contributed by atoms with Crippen molar-refractivity contribution in [1.82, 2.24) is 0 Å². The maximum absolute atomic E-state index is 8.47. The van der Waals surface area contributed by atoms with Gasteiger partial charge in [0.15, 0.2) is 0 Å². The summed E-state index contributed by atoms with van der Waals surface area (Å²) in [5.41, 5.74) is -0.708. The molecule has 0 fully saturated rings. The van der Waals surface area contributed by atoms with Crippen LogP contribution in [0.3, 0.4) is 0 Å². The van der Waals surface area contributed by atoms with Gasteiger partial charge in [-0.05, 0) is 0 Å². The molecule has 0 aliphatic rings. The molecule has 0 saturated carbocycles. The third kappa shape index (κ3) is 4.53. The molecule has 0 aliphatic carbocycles. The van der Waals surface area contributed by atoms with Gasteiger partial charge < -0.3 is 15.3 Å². The van der Waals surface area contributed by atoms with E-state index in [9.17, 15) is 0 Å². The Morgan fingerprint density at radius 3 is 1.22 bits per heavy atom. The van der Waals surface area contributed by atoms with Crippen LogP contribution in [0.5, 0.6) is 0 Å². The average molecular weight is 162 g/mol. The van der Waals surface area contributed by atoms with Gasteiger partial charge in [0.2, 0.25) is 0 Å². The van der Waals surface area contributed by atoms with Crippen LogP contribution in [-0.2, 0) is 0 Å². The fourth-order valence-corrected chi connectivity index (χ4v) is 0.150. The normalized spacial score (nSPS) is 10.7. The van der Waals surface area contributed by atoms with E-state index >= 15 is 0 Å². The van der Waals surface area contributed by atoms with Crippen LogP contribution in [0.15, 0.2) is 0 Å². The van der Waals surface area contributed by atoms with Crippen LogP contribution in [0.4, 0.5) is 0 Å². The molecular weight excluding hydrogens is 148 g/mol. The average Bonchev–Trinajstić information content (AvgIpc) is 1.87. The van der Waals surface area contributed by atoms with E-state index in [1.54, 1.807) is 6.92 Å². The van der Waals surface area contributed by atoms with Crippen LogP contribution in [0.25, 0.3) is 0 Å². The van der Waals surface area contributed by atoms with Crippen molar-refractivity contribution in [1.29, 1.82) is 0 Å². The van der Waals surface area contributed by atoms with Gasteiger partial charge in [0.05, 0.1) is 19.8 Å². The van der Waals surface area contributed by atoms with Crippen molar-refractivity contribution in [2.75, 3.05) is 19.8 Å². The Bertz CT molecular complexity index is 55.0. The third-order valence-corrected chi connectivity index (χ3v) is 1.15. The summed E-state index contributed by atoms with van der Waals surface area (Å²) in [5, 5.41) is 25.4. The first-order valence-corrected chi connectivity index (χ1v) is 2.51. The van der Waals surface area contributed by atoms with Gasteiger partial charge in [0.25, 0.3) is 0 Å². The molecule has 0 aromatic carbocycles. The minimum atomic E-state index is -0.708. The van der Waals surface area contributed by atoms with E-state index in [-0.39, 0.29) is 57.6 Å². The number of hydrogen-bond donors (Lipinski definition) is 3. The number of hydrogen-bond acceptors (Lipinski definition) is 3. The van der Waals surface area contributed by atoms with Gasteiger partial charge in [-0.25, -0.2) is 0 Å². The predicted octanol–water partition coefficient (Wildman–Crippen LogP) is -1.95. The second-order valence-corrected chi connectivity index (χ2v) is 2.29. The first-order chi connectivity index (χ1) is 3.68. The quantitative estimate of drug-likeness (QED) is 0.423. The molecular formula is C5H14CaO3. The number of aliphatic hydroxyl groups is 3. The number of rotatable bonds is 3. The summed E-state index contributed by atoms with van der Waals surface area (Å²) in [6.45, 7) is 1.06. The Labute approximate surface area is 84.7 Å². The van der Waals surface area contributed by atoms with Crippen molar-refractivity contribution < 1.29 is 15.3 Å². The Kier molecular flexibility index (Phi) is 8.37. The van der Waals surface area contributed by atoms with Gasteiger partial charge in [-0.15, -0.1) is 0 Å². The molecule has 0 bridgehead atoms. The van der Waals surface area contributed by atoms with E-state index in [4.69, 9.17) is 15.3 Å². The van der Waals surface area contributed by atoms with E-state index in [1.165, 1.54) is 0 Å². The molecule has 3 nitrogen and oxygen atoms in total. The molecule has 4 heteroatoms. The molecule has 0 aliphatic heterocycles. The van der Waals surface area contributed by atoms with E-state index in [0.29, 0.717) is 0 Å². The molecule has 0 aromatic rings. The van der Waals surface area contributed by atoms with Crippen LogP contribution in [0.2, 0.25) is 0 Å². The summed E-state index contributed by atoms with van der Waals surface area (Å²) >= 11 is 0. The molecule has 0 rings (SSSR count). The molecule has 54 valence electrons. The fraction of sp³-hybridized carbons (Fsp3) is 1.00. The first kappa shape index (κ1) is 12.8. The van der Waals surface area contributed by atoms with E-state index in [0.717, 1.165) is 0 Å². The van der Waals surface area contributed by atoms with Crippen LogP contribution >= 0.6 is 0 Å². The summed E-state index contributed by atoms with van der Waals surface area (Å²) in [6, 6.07) is 0. The number of aliphatic hydroxyl groups excluding tert-OH is 3. The van der Waals surface area contributed by atoms with Gasteiger partial charge in [-0.3, -0.25) is 0 Å². The zero-order valence-corrected chi connectivity index (χ0v) is 4.96. The van der Waals surface area contributed by atoms with E-state index in [2.05, 4.69) is 0 Å². The van der Waals surface area contributed by atoms with Crippen molar-refractivity contribution >= 4 is 37.7 Å². The van der Waals surface area contributed by atoms with Crippen molar-refractivity contribution in [2.45, 2.75) is 6.92 Å². The SMILES string of the molecule is CC(CO)(CO)CO.[CaH2]. The van der Waals surface area contributed by atoms with E-state index < -0.39 is 5.41 Å². The maximum atomic E-state index is 8.47. The predicted molar refractivity (Wildman–Crippen MR) is 37.9 cm³/mol. The molecule has 0 unspecified atom stereocenters. The van der Waals surface area contributed by atoms with Gasteiger partial charge >= 0.3 is 37.7 Å². The molecule has 0 aromatic heterocycles. The molecule has 0 atom stereocenters. The van der Waals surface area contributed by atoms with Crippen LogP contribution in [-0.4, -0.2) is 72.9 Å². The second-order valence-electron chi connectivity index (χ2n) is 2.29. The van der Waals surface area contributed by atoms with Crippen molar-refractivity contribution in [2.24, 2.45) is 5.41 Å². The van der Waals surface area contributed by atoms with Gasteiger partial charge in [-0.2, -0.15) is 0 Å². The molecule has 0 amide bonds. The molecule has 0 radical (unpaired) electrons. The Morgan fingerprint density at radius 1 is 1.00 bits per heavy atom. The van der Waals surface area contributed by atoms with Gasteiger partial charge in [0, 0.05) is 5.41 Å². The summed E-state index contributed by atoms with van der Waals surface area (Å²) in [4.78, 5) is 0. The molecule has 3 N–H and O–H groups in total. The van der Waals surface area contributed by atoms with Gasteiger partial charge in [0.1, 0.15) is 0 Å². The first-order valence-electron chi connectivity index (χ1n) is 2.51. The zero-order valence-electron chi connectivity index (χ0n) is 4.96. The summed E-state index contributed by atoms with van der Waals surface area (Å²) in [7, 11) is 0. The van der Waals surface area contributed by atoms with Crippen LogP contribution < -0.4 is 0 Å². The summed E-state index contributed by atoms with van der Waals surface area (Å²) in [5.74, 6) is 0. The van der Waals surface area contributed by atoms with Crippen molar-refractivity contribution in [3.63, 3.8) is 0 Å². The Balaban J connectivity index is 0. The summed E-state index contributed by atoms with van der Waals surface area (Å²) in [6.07, 6.45) is 0. The van der Waals surface area contributed by atoms with Crippen molar-refractivity contribution in [3.05, 3.63) is 0 Å². The molecule has 0 saturated heterocycles. The van der Waals surface area contributed by atoms with Gasteiger partial charge in [-0.1, -0.05) is 6.92 Å². The standard InChI is InChI=1S/C5H12O3.Ca.2H/c1-5(2-6,3-7)4-8;;;/h6-8H,2-4H2,1H3;;;. The second kappa shape index (κ2) is 5.89. The molecule has 0 spiro atoms. The van der Waals surface area contributed by atoms with Crippen molar-refractivity contribution in [3.8, 4) is 0 Å². The minimum absolute atomic E-state index is 0. The molecule has 9 heavy (non-hydrogen) atoms. The summed E-state index contributed by atoms with van der Waals surface area (Å²) < 4.78 is 0. The molecule has 0 heterocycles.